The van der Waals surface area contributed by atoms with E-state index in [1.165, 1.54) is 6.08 Å². The molecule has 0 aliphatic carbocycles. The van der Waals surface area contributed by atoms with E-state index in [1.807, 2.05) is 32.0 Å². The van der Waals surface area contributed by atoms with E-state index < -0.39 is 10.1 Å². The highest BCUT2D eigenvalue weighted by atomic mass is 32.2. The van der Waals surface area contributed by atoms with Crippen LogP contribution in [0.15, 0.2) is 23.6 Å². The van der Waals surface area contributed by atoms with Crippen molar-refractivity contribution in [1.29, 1.82) is 0 Å². The molecule has 0 aliphatic heterocycles. The Balaban J connectivity index is 3.05. The number of rotatable bonds is 2. The van der Waals surface area contributed by atoms with Crippen LogP contribution in [0, 0.1) is 13.8 Å². The van der Waals surface area contributed by atoms with Crippen molar-refractivity contribution < 1.29 is 13.0 Å². The van der Waals surface area contributed by atoms with Crippen molar-refractivity contribution >= 4 is 16.2 Å². The van der Waals surface area contributed by atoms with E-state index in [2.05, 4.69) is 0 Å². The van der Waals surface area contributed by atoms with Gasteiger partial charge in [-0.3, -0.25) is 4.55 Å². The Bertz CT molecular complexity index is 458. The summed E-state index contributed by atoms with van der Waals surface area (Å²) >= 11 is 0. The van der Waals surface area contributed by atoms with Crippen LogP contribution in [0.3, 0.4) is 0 Å². The minimum absolute atomic E-state index is 0.782. The second kappa shape index (κ2) is 3.94. The summed E-state index contributed by atoms with van der Waals surface area (Å²) in [5.41, 5.74) is 2.88. The summed E-state index contributed by atoms with van der Waals surface area (Å²) in [5.74, 6) is 0. The maximum Gasteiger partial charge on any atom is 0.287 e. The van der Waals surface area contributed by atoms with Crippen LogP contribution < -0.4 is 0 Å². The summed E-state index contributed by atoms with van der Waals surface area (Å²) in [5, 5.41) is 0.782. The first kappa shape index (κ1) is 10.9. The van der Waals surface area contributed by atoms with Crippen LogP contribution in [0.25, 0.3) is 6.08 Å². The van der Waals surface area contributed by atoms with Crippen LogP contribution in [0.5, 0.6) is 0 Å². The normalized spacial score (nSPS) is 12.2. The molecule has 0 saturated heterocycles. The largest absolute Gasteiger partial charge is 0.287 e. The fraction of sp³-hybridized carbons (Fsp3) is 0.200. The van der Waals surface area contributed by atoms with Crippen molar-refractivity contribution in [3.63, 3.8) is 0 Å². The third-order valence-corrected chi connectivity index (χ3v) is 2.32. The third kappa shape index (κ3) is 3.32. The standard InChI is InChI=1S/C10H12O3S/c1-8-3-4-10(9(2)7-8)5-6-14(11,12)13/h3-7H,1-2H3,(H,11,12,13). The lowest BCUT2D eigenvalue weighted by molar-refractivity contribution is 0.494. The SMILES string of the molecule is Cc1ccc(C=CS(=O)(=O)O)c(C)c1. The number of benzene rings is 1. The molecule has 0 fully saturated rings. The fourth-order valence-corrected chi connectivity index (χ4v) is 1.49. The molecule has 0 saturated carbocycles. The topological polar surface area (TPSA) is 54.4 Å². The highest BCUT2D eigenvalue weighted by Crippen LogP contribution is 2.12. The molecule has 0 atom stereocenters. The maximum atomic E-state index is 10.5. The van der Waals surface area contributed by atoms with Crippen LogP contribution in [0.1, 0.15) is 16.7 Å². The van der Waals surface area contributed by atoms with E-state index >= 15 is 0 Å². The van der Waals surface area contributed by atoms with Crippen molar-refractivity contribution in [2.75, 3.05) is 0 Å². The van der Waals surface area contributed by atoms with Gasteiger partial charge in [0, 0.05) is 0 Å². The summed E-state index contributed by atoms with van der Waals surface area (Å²) in [6, 6.07) is 5.65. The second-order valence-electron chi connectivity index (χ2n) is 3.18. The first-order valence-electron chi connectivity index (χ1n) is 4.11. The molecule has 0 radical (unpaired) electrons. The van der Waals surface area contributed by atoms with Gasteiger partial charge in [0.1, 0.15) is 0 Å². The highest BCUT2D eigenvalue weighted by Gasteiger charge is 1.98. The molecule has 0 heterocycles. The molecule has 4 heteroatoms. The summed E-state index contributed by atoms with van der Waals surface area (Å²) in [7, 11) is -4.03. The van der Waals surface area contributed by atoms with Crippen LogP contribution in [0.4, 0.5) is 0 Å². The van der Waals surface area contributed by atoms with Gasteiger partial charge in [-0.15, -0.1) is 0 Å². The number of aryl methyl sites for hydroxylation is 2. The summed E-state index contributed by atoms with van der Waals surface area (Å²) in [6.07, 6.45) is 1.38. The molecular weight excluding hydrogens is 200 g/mol. The molecule has 0 bridgehead atoms. The Morgan fingerprint density at radius 1 is 1.29 bits per heavy atom. The van der Waals surface area contributed by atoms with Crippen LogP contribution >= 0.6 is 0 Å². The van der Waals surface area contributed by atoms with Gasteiger partial charge in [-0.2, -0.15) is 8.42 Å². The first-order valence-corrected chi connectivity index (χ1v) is 5.61. The van der Waals surface area contributed by atoms with Crippen molar-refractivity contribution in [3.05, 3.63) is 40.3 Å². The predicted molar refractivity (Wildman–Crippen MR) is 56.5 cm³/mol. The van der Waals surface area contributed by atoms with Crippen LogP contribution in [0.2, 0.25) is 0 Å². The summed E-state index contributed by atoms with van der Waals surface area (Å²) < 4.78 is 29.4. The quantitative estimate of drug-likeness (QED) is 0.764. The molecular formula is C10H12O3S. The fourth-order valence-electron chi connectivity index (χ4n) is 1.17. The van der Waals surface area contributed by atoms with Gasteiger partial charge in [-0.25, -0.2) is 0 Å². The van der Waals surface area contributed by atoms with Gasteiger partial charge in [-0.05, 0) is 31.1 Å². The molecule has 14 heavy (non-hydrogen) atoms. The molecule has 0 aliphatic rings. The van der Waals surface area contributed by atoms with Crippen molar-refractivity contribution in [2.45, 2.75) is 13.8 Å². The molecule has 0 aromatic heterocycles. The number of hydrogen-bond acceptors (Lipinski definition) is 2. The lowest BCUT2D eigenvalue weighted by Crippen LogP contribution is -1.90. The van der Waals surface area contributed by atoms with Gasteiger partial charge in [0.25, 0.3) is 10.1 Å². The predicted octanol–water partition coefficient (Wildman–Crippen LogP) is 2.16. The third-order valence-electron chi connectivity index (χ3n) is 1.84. The van der Waals surface area contributed by atoms with Crippen molar-refractivity contribution in [3.8, 4) is 0 Å². The molecule has 76 valence electrons. The monoisotopic (exact) mass is 212 g/mol. The van der Waals surface area contributed by atoms with E-state index in [9.17, 15) is 8.42 Å². The Labute approximate surface area is 83.8 Å². The van der Waals surface area contributed by atoms with E-state index in [0.717, 1.165) is 22.1 Å². The zero-order valence-corrected chi connectivity index (χ0v) is 8.88. The molecule has 0 spiro atoms. The van der Waals surface area contributed by atoms with E-state index in [0.29, 0.717) is 0 Å². The van der Waals surface area contributed by atoms with E-state index in [1.54, 1.807) is 0 Å². The molecule has 1 aromatic rings. The Kier molecular flexibility index (Phi) is 3.08. The molecule has 0 unspecified atom stereocenters. The molecule has 1 aromatic carbocycles. The second-order valence-corrected chi connectivity index (χ2v) is 4.48. The van der Waals surface area contributed by atoms with E-state index in [-0.39, 0.29) is 0 Å². The maximum absolute atomic E-state index is 10.5. The van der Waals surface area contributed by atoms with Gasteiger partial charge in [-0.1, -0.05) is 23.8 Å². The van der Waals surface area contributed by atoms with Crippen molar-refractivity contribution in [1.82, 2.24) is 0 Å². The molecule has 0 amide bonds. The van der Waals surface area contributed by atoms with Gasteiger partial charge in [0.2, 0.25) is 0 Å². The van der Waals surface area contributed by atoms with Gasteiger partial charge < -0.3 is 0 Å². The average Bonchev–Trinajstić information content (AvgIpc) is 2.00. The summed E-state index contributed by atoms with van der Waals surface area (Å²) in [4.78, 5) is 0. The smallest absolute Gasteiger partial charge is 0.282 e. The lowest BCUT2D eigenvalue weighted by atomic mass is 10.1. The molecule has 1 rings (SSSR count). The lowest BCUT2D eigenvalue weighted by Gasteiger charge is -2.00. The zero-order valence-electron chi connectivity index (χ0n) is 8.06. The van der Waals surface area contributed by atoms with Crippen LogP contribution in [-0.4, -0.2) is 13.0 Å². The molecule has 1 N–H and O–H groups in total. The Morgan fingerprint density at radius 3 is 2.43 bits per heavy atom. The zero-order chi connectivity index (χ0) is 10.8. The van der Waals surface area contributed by atoms with Gasteiger partial charge in [0.15, 0.2) is 0 Å². The minimum atomic E-state index is -4.03. The average molecular weight is 212 g/mol. The highest BCUT2D eigenvalue weighted by molar-refractivity contribution is 7.88. The van der Waals surface area contributed by atoms with Gasteiger partial charge >= 0.3 is 0 Å². The summed E-state index contributed by atoms with van der Waals surface area (Å²) in [6.45, 7) is 3.85. The van der Waals surface area contributed by atoms with Gasteiger partial charge in [0.05, 0.1) is 5.41 Å². The Hall–Kier alpha value is -1.13. The molecule has 3 nitrogen and oxygen atoms in total. The Morgan fingerprint density at radius 2 is 1.93 bits per heavy atom. The van der Waals surface area contributed by atoms with E-state index in [4.69, 9.17) is 4.55 Å². The first-order chi connectivity index (χ1) is 6.38. The van der Waals surface area contributed by atoms with Crippen LogP contribution in [-0.2, 0) is 10.1 Å². The minimum Gasteiger partial charge on any atom is -0.282 e. The number of hydrogen-bond donors (Lipinski definition) is 1. The van der Waals surface area contributed by atoms with Crippen molar-refractivity contribution in [2.24, 2.45) is 0 Å².